The van der Waals surface area contributed by atoms with Gasteiger partial charge < -0.3 is 0 Å². The first-order valence-electron chi connectivity index (χ1n) is 12.7. The Hall–Kier alpha value is -1.32. The van der Waals surface area contributed by atoms with E-state index in [1.807, 2.05) is 0 Å². The van der Waals surface area contributed by atoms with E-state index in [1.54, 1.807) is 0 Å². The topological polar surface area (TPSA) is 68.3 Å². The second kappa shape index (κ2) is 14.6. The highest BCUT2D eigenvalue weighted by Gasteiger charge is 2.37. The minimum absolute atomic E-state index is 0.0745. The van der Waals surface area contributed by atoms with E-state index in [9.17, 15) is 19.2 Å². The number of Topliss-reactive ketones (excluding diaryl/α,β-unsaturated/α-hetero) is 4. The summed E-state index contributed by atoms with van der Waals surface area (Å²) in [5.74, 6) is -2.91. The molecule has 0 aromatic rings. The number of ketones is 4. The largest absolute Gasteiger partial charge is 0.299 e. The molecule has 0 amide bonds. The quantitative estimate of drug-likeness (QED) is 0.397. The van der Waals surface area contributed by atoms with Crippen LogP contribution in [0.4, 0.5) is 0 Å². The summed E-state index contributed by atoms with van der Waals surface area (Å²) in [6.45, 7) is 0. The van der Waals surface area contributed by atoms with Crippen LogP contribution < -0.4 is 0 Å². The van der Waals surface area contributed by atoms with Crippen LogP contribution >= 0.6 is 0 Å². The standard InChI is InChI=1S/C26H42O4/c27-23-19-15-11-7-3-1-5-9-13-17-21(23)25(29)26(30)22-18-14-10-6-2-4-8-12-16-20-24(22)28/h21-22H,1-20H2/t21-,22-/m0/s1. The molecule has 0 aliphatic heterocycles. The fourth-order valence-corrected chi connectivity index (χ4v) is 4.99. The van der Waals surface area contributed by atoms with E-state index >= 15 is 0 Å². The first-order valence-corrected chi connectivity index (χ1v) is 12.7. The third kappa shape index (κ3) is 8.81. The third-order valence-corrected chi connectivity index (χ3v) is 6.99. The molecule has 0 heterocycles. The molecule has 4 nitrogen and oxygen atoms in total. The predicted molar refractivity (Wildman–Crippen MR) is 119 cm³/mol. The second-order valence-corrected chi connectivity index (χ2v) is 9.50. The number of carbonyl (C=O) groups excluding carboxylic acids is 4. The van der Waals surface area contributed by atoms with Crippen molar-refractivity contribution in [2.24, 2.45) is 11.8 Å². The third-order valence-electron chi connectivity index (χ3n) is 6.99. The summed E-state index contributed by atoms with van der Waals surface area (Å²) in [7, 11) is 0. The Bertz CT molecular complexity index is 515. The molecule has 2 aliphatic carbocycles. The van der Waals surface area contributed by atoms with Crippen LogP contribution in [0.25, 0.3) is 0 Å². The lowest BCUT2D eigenvalue weighted by Crippen LogP contribution is -2.37. The normalized spacial score (nSPS) is 27.1. The van der Waals surface area contributed by atoms with Gasteiger partial charge in [-0.25, -0.2) is 0 Å². The molecular weight excluding hydrogens is 376 g/mol. The van der Waals surface area contributed by atoms with E-state index in [0.717, 1.165) is 77.0 Å². The van der Waals surface area contributed by atoms with Gasteiger partial charge in [0.25, 0.3) is 0 Å². The Kier molecular flexibility index (Phi) is 12.2. The summed E-state index contributed by atoms with van der Waals surface area (Å²) in [5, 5.41) is 0. The number of hydrogen-bond donors (Lipinski definition) is 0. The molecule has 2 aliphatic rings. The molecule has 2 saturated carbocycles. The molecule has 170 valence electrons. The Morgan fingerprint density at radius 2 is 0.700 bits per heavy atom. The number of hydrogen-bond acceptors (Lipinski definition) is 4. The molecule has 0 aromatic carbocycles. The molecule has 0 N–H and O–H groups in total. The summed E-state index contributed by atoms with van der Waals surface area (Å²) in [6.07, 6.45) is 18.4. The maximum Gasteiger partial charge on any atom is 0.209 e. The van der Waals surface area contributed by atoms with E-state index in [4.69, 9.17) is 0 Å². The lowest BCUT2D eigenvalue weighted by atomic mass is 9.81. The summed E-state index contributed by atoms with van der Waals surface area (Å²) in [4.78, 5) is 51.8. The molecule has 2 atom stereocenters. The van der Waals surface area contributed by atoms with Crippen molar-refractivity contribution in [2.45, 2.75) is 128 Å². The maximum absolute atomic E-state index is 13.1. The van der Waals surface area contributed by atoms with Crippen LogP contribution in [0.1, 0.15) is 128 Å². The van der Waals surface area contributed by atoms with Gasteiger partial charge in [0.15, 0.2) is 0 Å². The smallest absolute Gasteiger partial charge is 0.209 e. The van der Waals surface area contributed by atoms with Crippen LogP contribution in [0.3, 0.4) is 0 Å². The molecule has 30 heavy (non-hydrogen) atoms. The second-order valence-electron chi connectivity index (χ2n) is 9.50. The fraction of sp³-hybridized carbons (Fsp3) is 0.846. The first-order chi connectivity index (χ1) is 14.6. The van der Waals surface area contributed by atoms with E-state index in [0.29, 0.717) is 25.7 Å². The van der Waals surface area contributed by atoms with Crippen molar-refractivity contribution >= 4 is 23.1 Å². The Balaban J connectivity index is 2.05. The van der Waals surface area contributed by atoms with Crippen LogP contribution in [-0.2, 0) is 19.2 Å². The molecule has 0 saturated heterocycles. The van der Waals surface area contributed by atoms with Crippen LogP contribution in [0, 0.1) is 11.8 Å². The van der Waals surface area contributed by atoms with Crippen molar-refractivity contribution in [3.8, 4) is 0 Å². The predicted octanol–water partition coefficient (Wildman–Crippen LogP) is 6.32. The Labute approximate surface area is 182 Å². The summed E-state index contributed by atoms with van der Waals surface area (Å²) < 4.78 is 0. The average Bonchev–Trinajstić information content (AvgIpc) is 2.72. The van der Waals surface area contributed by atoms with E-state index in [1.165, 1.54) is 25.7 Å². The number of carbonyl (C=O) groups is 4. The zero-order chi connectivity index (χ0) is 21.6. The minimum Gasteiger partial charge on any atom is -0.299 e. The van der Waals surface area contributed by atoms with Crippen LogP contribution in [0.5, 0.6) is 0 Å². The van der Waals surface area contributed by atoms with Gasteiger partial charge in [0, 0.05) is 12.8 Å². The van der Waals surface area contributed by atoms with Gasteiger partial charge in [-0.1, -0.05) is 89.9 Å². The molecular formula is C26H42O4. The van der Waals surface area contributed by atoms with Crippen molar-refractivity contribution in [2.75, 3.05) is 0 Å². The Morgan fingerprint density at radius 3 is 1.03 bits per heavy atom. The molecule has 2 rings (SSSR count). The van der Waals surface area contributed by atoms with Crippen molar-refractivity contribution in [3.63, 3.8) is 0 Å². The van der Waals surface area contributed by atoms with Gasteiger partial charge in [-0.15, -0.1) is 0 Å². The molecule has 0 unspecified atom stereocenters. The number of rotatable bonds is 3. The average molecular weight is 419 g/mol. The van der Waals surface area contributed by atoms with Crippen molar-refractivity contribution in [1.29, 1.82) is 0 Å². The van der Waals surface area contributed by atoms with Crippen LogP contribution in [-0.4, -0.2) is 23.1 Å². The molecule has 2 fully saturated rings. The molecule has 4 heteroatoms. The SMILES string of the molecule is O=C1CCCCCCCCCC[C@@H]1C(=O)C(=O)[C@H]1CCCCCCCCCCC1=O. The fourth-order valence-electron chi connectivity index (χ4n) is 4.99. The van der Waals surface area contributed by atoms with E-state index < -0.39 is 23.4 Å². The zero-order valence-electron chi connectivity index (χ0n) is 18.9. The van der Waals surface area contributed by atoms with Crippen LogP contribution in [0.2, 0.25) is 0 Å². The molecule has 0 spiro atoms. The summed E-state index contributed by atoms with van der Waals surface area (Å²) in [6, 6.07) is 0. The lowest BCUT2D eigenvalue weighted by molar-refractivity contribution is -0.147. The first kappa shape index (κ1) is 24.9. The van der Waals surface area contributed by atoms with E-state index in [-0.39, 0.29) is 11.6 Å². The molecule has 0 radical (unpaired) electrons. The van der Waals surface area contributed by atoms with Crippen molar-refractivity contribution in [3.05, 3.63) is 0 Å². The van der Waals surface area contributed by atoms with Gasteiger partial charge >= 0.3 is 0 Å². The van der Waals surface area contributed by atoms with E-state index in [2.05, 4.69) is 0 Å². The van der Waals surface area contributed by atoms with Gasteiger partial charge in [0.2, 0.25) is 11.6 Å². The van der Waals surface area contributed by atoms with Crippen molar-refractivity contribution in [1.82, 2.24) is 0 Å². The minimum atomic E-state index is -0.814. The maximum atomic E-state index is 13.1. The van der Waals surface area contributed by atoms with Crippen molar-refractivity contribution < 1.29 is 19.2 Å². The Morgan fingerprint density at radius 1 is 0.433 bits per heavy atom. The molecule has 0 aromatic heterocycles. The zero-order valence-corrected chi connectivity index (χ0v) is 18.9. The van der Waals surface area contributed by atoms with Gasteiger partial charge in [-0.3, -0.25) is 19.2 Å². The molecule has 0 bridgehead atoms. The van der Waals surface area contributed by atoms with Gasteiger partial charge in [-0.05, 0) is 25.7 Å². The van der Waals surface area contributed by atoms with Gasteiger partial charge in [0.05, 0.1) is 11.8 Å². The highest BCUT2D eigenvalue weighted by Crippen LogP contribution is 2.24. The highest BCUT2D eigenvalue weighted by molar-refractivity contribution is 6.44. The van der Waals surface area contributed by atoms with Gasteiger partial charge in [-0.2, -0.15) is 0 Å². The summed E-state index contributed by atoms with van der Waals surface area (Å²) in [5.41, 5.74) is 0. The lowest BCUT2D eigenvalue weighted by Gasteiger charge is -2.19. The highest BCUT2D eigenvalue weighted by atomic mass is 16.2. The summed E-state index contributed by atoms with van der Waals surface area (Å²) >= 11 is 0. The monoisotopic (exact) mass is 418 g/mol. The van der Waals surface area contributed by atoms with Crippen LogP contribution in [0.15, 0.2) is 0 Å². The van der Waals surface area contributed by atoms with Gasteiger partial charge in [0.1, 0.15) is 11.6 Å².